The molecule has 0 spiro atoms. The van der Waals surface area contributed by atoms with Gasteiger partial charge in [-0.15, -0.1) is 0 Å². The topological polar surface area (TPSA) is 20.2 Å². The summed E-state index contributed by atoms with van der Waals surface area (Å²) in [6.07, 6.45) is -5.22. The predicted molar refractivity (Wildman–Crippen MR) is 58.1 cm³/mol. The second kappa shape index (κ2) is 7.39. The number of rotatable bonds is 7. The summed E-state index contributed by atoms with van der Waals surface area (Å²) >= 11 is 1.60. The zero-order valence-corrected chi connectivity index (χ0v) is 10.00. The molecule has 1 unspecified atom stereocenters. The van der Waals surface area contributed by atoms with Gasteiger partial charge in [-0.25, -0.2) is 0 Å². The second-order valence-electron chi connectivity index (χ2n) is 4.09. The van der Waals surface area contributed by atoms with E-state index in [0.29, 0.717) is 11.7 Å². The molecule has 0 aliphatic rings. The maximum Gasteiger partial charge on any atom is 0.389 e. The van der Waals surface area contributed by atoms with Crippen LogP contribution in [-0.2, 0) is 0 Å². The van der Waals surface area contributed by atoms with Crippen LogP contribution in [0.25, 0.3) is 0 Å². The first-order valence-corrected chi connectivity index (χ1v) is 6.29. The minimum Gasteiger partial charge on any atom is -0.392 e. The third kappa shape index (κ3) is 12.0. The largest absolute Gasteiger partial charge is 0.392 e. The first-order chi connectivity index (χ1) is 6.81. The summed E-state index contributed by atoms with van der Waals surface area (Å²) in [6, 6.07) is 0. The fourth-order valence-electron chi connectivity index (χ4n) is 1.06. The third-order valence-electron chi connectivity index (χ3n) is 1.76. The molecule has 0 heterocycles. The number of hydrogen-bond acceptors (Lipinski definition) is 2. The Kier molecular flexibility index (Phi) is 7.44. The van der Waals surface area contributed by atoms with Crippen LogP contribution in [-0.4, -0.2) is 28.9 Å². The predicted octanol–water partition coefficient (Wildman–Crippen LogP) is 3.47. The highest BCUT2D eigenvalue weighted by Gasteiger charge is 2.26. The molecule has 0 radical (unpaired) electrons. The quantitative estimate of drug-likeness (QED) is 0.740. The molecule has 0 aromatic carbocycles. The summed E-state index contributed by atoms with van der Waals surface area (Å²) in [5, 5.41) is 9.37. The van der Waals surface area contributed by atoms with Gasteiger partial charge in [-0.05, 0) is 24.5 Å². The summed E-state index contributed by atoms with van der Waals surface area (Å²) in [5.41, 5.74) is 0. The van der Waals surface area contributed by atoms with Crippen LogP contribution in [0.5, 0.6) is 0 Å². The Bertz CT molecular complexity index is 159. The van der Waals surface area contributed by atoms with Crippen LogP contribution in [0.2, 0.25) is 0 Å². The van der Waals surface area contributed by atoms with Crippen LogP contribution in [0, 0.1) is 5.92 Å². The van der Waals surface area contributed by atoms with Crippen LogP contribution in [0.4, 0.5) is 13.2 Å². The molecule has 0 bridgehead atoms. The van der Waals surface area contributed by atoms with Crippen LogP contribution < -0.4 is 0 Å². The Morgan fingerprint density at radius 2 is 1.80 bits per heavy atom. The Labute approximate surface area is 93.4 Å². The van der Waals surface area contributed by atoms with Crippen molar-refractivity contribution in [3.05, 3.63) is 0 Å². The molecule has 0 saturated heterocycles. The molecule has 0 aromatic rings. The minimum atomic E-state index is -4.09. The van der Waals surface area contributed by atoms with Gasteiger partial charge in [-0.3, -0.25) is 0 Å². The monoisotopic (exact) mass is 244 g/mol. The van der Waals surface area contributed by atoms with Crippen molar-refractivity contribution in [1.29, 1.82) is 0 Å². The maximum atomic E-state index is 11.8. The van der Waals surface area contributed by atoms with Crippen molar-refractivity contribution >= 4 is 11.8 Å². The fourth-order valence-corrected chi connectivity index (χ4v) is 2.11. The first kappa shape index (κ1) is 15.1. The van der Waals surface area contributed by atoms with Gasteiger partial charge in [0.25, 0.3) is 0 Å². The van der Waals surface area contributed by atoms with Crippen LogP contribution >= 0.6 is 11.8 Å². The molecule has 5 heteroatoms. The summed E-state index contributed by atoms with van der Waals surface area (Å²) in [7, 11) is 0. The molecule has 1 atom stereocenters. The lowest BCUT2D eigenvalue weighted by molar-refractivity contribution is -0.136. The molecule has 0 aromatic heterocycles. The lowest BCUT2D eigenvalue weighted by Gasteiger charge is -2.12. The normalized spacial score (nSPS) is 14.6. The highest BCUT2D eigenvalue weighted by molar-refractivity contribution is 7.99. The van der Waals surface area contributed by atoms with Gasteiger partial charge < -0.3 is 5.11 Å². The van der Waals surface area contributed by atoms with Crippen molar-refractivity contribution in [2.45, 2.75) is 45.4 Å². The Balaban J connectivity index is 3.37. The Morgan fingerprint density at radius 1 is 1.20 bits per heavy atom. The van der Waals surface area contributed by atoms with Crippen molar-refractivity contribution < 1.29 is 18.3 Å². The molecular formula is C10H19F3OS. The number of aliphatic hydroxyl groups is 1. The van der Waals surface area contributed by atoms with Crippen LogP contribution in [0.1, 0.15) is 33.1 Å². The van der Waals surface area contributed by atoms with Crippen LogP contribution in [0.3, 0.4) is 0 Å². The van der Waals surface area contributed by atoms with Crippen LogP contribution in [0.15, 0.2) is 0 Å². The SMILES string of the molecule is CC(C)CSCC(O)CCCC(F)(F)F. The van der Waals surface area contributed by atoms with E-state index in [1.54, 1.807) is 11.8 Å². The lowest BCUT2D eigenvalue weighted by atomic mass is 10.2. The van der Waals surface area contributed by atoms with E-state index in [9.17, 15) is 18.3 Å². The number of hydrogen-bond donors (Lipinski definition) is 1. The van der Waals surface area contributed by atoms with E-state index < -0.39 is 18.7 Å². The number of aliphatic hydroxyl groups excluding tert-OH is 1. The van der Waals surface area contributed by atoms with Gasteiger partial charge >= 0.3 is 6.18 Å². The summed E-state index contributed by atoms with van der Waals surface area (Å²) < 4.78 is 35.3. The molecule has 1 N–H and O–H groups in total. The molecule has 92 valence electrons. The molecule has 0 amide bonds. The summed E-state index contributed by atoms with van der Waals surface area (Å²) in [4.78, 5) is 0. The highest BCUT2D eigenvalue weighted by Crippen LogP contribution is 2.23. The highest BCUT2D eigenvalue weighted by atomic mass is 32.2. The molecular weight excluding hydrogens is 225 g/mol. The number of thioether (sulfide) groups is 1. The number of halogens is 3. The average Bonchev–Trinajstić information content (AvgIpc) is 2.00. The standard InChI is InChI=1S/C10H19F3OS/c1-8(2)6-15-7-9(14)4-3-5-10(11,12)13/h8-9,14H,3-7H2,1-2H3. The maximum absolute atomic E-state index is 11.8. The molecule has 0 aliphatic carbocycles. The van der Waals surface area contributed by atoms with Crippen molar-refractivity contribution in [2.75, 3.05) is 11.5 Å². The number of alkyl halides is 3. The van der Waals surface area contributed by atoms with Gasteiger partial charge in [0, 0.05) is 12.2 Å². The molecule has 0 rings (SSSR count). The van der Waals surface area contributed by atoms with Gasteiger partial charge in [-0.2, -0.15) is 24.9 Å². The van der Waals surface area contributed by atoms with E-state index in [2.05, 4.69) is 13.8 Å². The van der Waals surface area contributed by atoms with E-state index >= 15 is 0 Å². The lowest BCUT2D eigenvalue weighted by Crippen LogP contribution is -2.13. The molecule has 1 nitrogen and oxygen atoms in total. The van der Waals surface area contributed by atoms with Crippen molar-refractivity contribution in [1.82, 2.24) is 0 Å². The summed E-state index contributed by atoms with van der Waals surface area (Å²) in [6.45, 7) is 4.14. The van der Waals surface area contributed by atoms with Crippen molar-refractivity contribution in [2.24, 2.45) is 5.92 Å². The van der Waals surface area contributed by atoms with Gasteiger partial charge in [0.1, 0.15) is 0 Å². The average molecular weight is 244 g/mol. The van der Waals surface area contributed by atoms with Gasteiger partial charge in [0.15, 0.2) is 0 Å². The van der Waals surface area contributed by atoms with Gasteiger partial charge in [0.05, 0.1) is 6.10 Å². The second-order valence-corrected chi connectivity index (χ2v) is 5.17. The first-order valence-electron chi connectivity index (χ1n) is 5.14. The van der Waals surface area contributed by atoms with Crippen molar-refractivity contribution in [3.63, 3.8) is 0 Å². The van der Waals surface area contributed by atoms with Gasteiger partial charge in [0.2, 0.25) is 0 Å². The van der Waals surface area contributed by atoms with Crippen molar-refractivity contribution in [3.8, 4) is 0 Å². The van der Waals surface area contributed by atoms with E-state index in [4.69, 9.17) is 0 Å². The smallest absolute Gasteiger partial charge is 0.389 e. The zero-order valence-electron chi connectivity index (χ0n) is 9.18. The Morgan fingerprint density at radius 3 is 2.27 bits per heavy atom. The molecule has 15 heavy (non-hydrogen) atoms. The Hall–Kier alpha value is 0.100. The van der Waals surface area contributed by atoms with E-state index in [0.717, 1.165) is 5.75 Å². The van der Waals surface area contributed by atoms with Gasteiger partial charge in [-0.1, -0.05) is 13.8 Å². The molecule has 0 aliphatic heterocycles. The van der Waals surface area contributed by atoms with E-state index in [-0.39, 0.29) is 12.8 Å². The minimum absolute atomic E-state index is 0.0207. The molecule has 0 saturated carbocycles. The van der Waals surface area contributed by atoms with E-state index in [1.165, 1.54) is 0 Å². The summed E-state index contributed by atoms with van der Waals surface area (Å²) in [5.74, 6) is 2.03. The third-order valence-corrected chi connectivity index (χ3v) is 3.28. The molecule has 0 fully saturated rings. The zero-order chi connectivity index (χ0) is 11.9. The fraction of sp³-hybridized carbons (Fsp3) is 1.00. The van der Waals surface area contributed by atoms with E-state index in [1.807, 2.05) is 0 Å².